The Hall–Kier alpha value is -2.05. The van der Waals surface area contributed by atoms with Crippen molar-refractivity contribution < 1.29 is 23.1 Å². The van der Waals surface area contributed by atoms with Crippen molar-refractivity contribution >= 4 is 17.0 Å². The Balaban J connectivity index is 2.65. The maximum absolute atomic E-state index is 13.0. The van der Waals surface area contributed by atoms with Crippen LogP contribution in [0.2, 0.25) is 0 Å². The number of hydrogen-bond acceptors (Lipinski definition) is 2. The van der Waals surface area contributed by atoms with Gasteiger partial charge in [0.25, 0.3) is 0 Å². The molecular weight excluding hydrogens is 273 g/mol. The summed E-state index contributed by atoms with van der Waals surface area (Å²) in [6, 6.07) is 3.79. The van der Waals surface area contributed by atoms with E-state index in [0.29, 0.717) is 6.42 Å². The van der Waals surface area contributed by atoms with Crippen molar-refractivity contribution in [3.8, 4) is 0 Å². The van der Waals surface area contributed by atoms with E-state index in [9.17, 15) is 18.0 Å². The van der Waals surface area contributed by atoms with Crippen LogP contribution in [0.15, 0.2) is 18.2 Å². The molecule has 0 spiro atoms. The summed E-state index contributed by atoms with van der Waals surface area (Å²) in [5.74, 6) is -2.16. The van der Waals surface area contributed by atoms with Gasteiger partial charge in [-0.3, -0.25) is 0 Å². The first-order valence-electron chi connectivity index (χ1n) is 6.15. The number of halogens is 3. The number of nitrogens with zero attached hydrogens (tertiary/aromatic N) is 2. The second-order valence-electron chi connectivity index (χ2n) is 4.45. The fourth-order valence-electron chi connectivity index (χ4n) is 2.01. The number of carbonyl (C=O) groups is 1. The highest BCUT2D eigenvalue weighted by molar-refractivity contribution is 5.92. The first kappa shape index (κ1) is 14.4. The molecule has 0 aliphatic heterocycles. The molecule has 0 atom stereocenters. The number of aromatic nitrogens is 2. The molecule has 1 aromatic heterocycles. The van der Waals surface area contributed by atoms with Crippen molar-refractivity contribution in [2.24, 2.45) is 0 Å². The molecule has 7 heteroatoms. The number of alkyl halides is 3. The van der Waals surface area contributed by atoms with E-state index < -0.39 is 18.0 Å². The molecule has 0 unspecified atom stereocenters. The summed E-state index contributed by atoms with van der Waals surface area (Å²) < 4.78 is 40.0. The Morgan fingerprint density at radius 3 is 2.65 bits per heavy atom. The second-order valence-corrected chi connectivity index (χ2v) is 4.45. The fraction of sp³-hybridized carbons (Fsp3) is 0.385. The molecule has 0 amide bonds. The number of aryl methyl sites for hydroxylation is 1. The lowest BCUT2D eigenvalue weighted by atomic mass is 10.2. The van der Waals surface area contributed by atoms with Gasteiger partial charge in [0.2, 0.25) is 5.82 Å². The minimum Gasteiger partial charge on any atom is -0.478 e. The lowest BCUT2D eigenvalue weighted by Gasteiger charge is -2.10. The first-order chi connectivity index (χ1) is 9.34. The number of carboxylic acids is 1. The van der Waals surface area contributed by atoms with Gasteiger partial charge in [0.05, 0.1) is 16.6 Å². The quantitative estimate of drug-likeness (QED) is 0.935. The number of aromatic carboxylic acids is 1. The molecule has 1 N–H and O–H groups in total. The maximum atomic E-state index is 13.0. The van der Waals surface area contributed by atoms with Gasteiger partial charge in [0.1, 0.15) is 0 Å². The first-order valence-corrected chi connectivity index (χ1v) is 6.15. The van der Waals surface area contributed by atoms with Crippen molar-refractivity contribution in [1.82, 2.24) is 9.55 Å². The van der Waals surface area contributed by atoms with Crippen LogP contribution in [0.3, 0.4) is 0 Å². The molecule has 1 heterocycles. The van der Waals surface area contributed by atoms with Crippen LogP contribution < -0.4 is 0 Å². The van der Waals surface area contributed by atoms with E-state index in [1.807, 2.05) is 6.92 Å². The number of benzene rings is 1. The number of carboxylic acid groups (broad SMARTS) is 1. The van der Waals surface area contributed by atoms with Gasteiger partial charge in [0.15, 0.2) is 0 Å². The number of fused-ring (bicyclic) bond motifs is 1. The summed E-state index contributed by atoms with van der Waals surface area (Å²) in [6.07, 6.45) is -3.27. The van der Waals surface area contributed by atoms with Crippen LogP contribution in [0.4, 0.5) is 13.2 Å². The summed E-state index contributed by atoms with van der Waals surface area (Å²) >= 11 is 0. The molecule has 0 aliphatic rings. The number of rotatable bonds is 4. The lowest BCUT2D eigenvalue weighted by Crippen LogP contribution is -2.15. The number of unbranched alkanes of at least 4 members (excludes halogenated alkanes) is 1. The van der Waals surface area contributed by atoms with Gasteiger partial charge in [-0.05, 0) is 24.6 Å². The van der Waals surface area contributed by atoms with Crippen molar-refractivity contribution in [2.75, 3.05) is 0 Å². The Kier molecular flexibility index (Phi) is 3.69. The highest BCUT2D eigenvalue weighted by Gasteiger charge is 2.37. The Morgan fingerprint density at radius 1 is 1.40 bits per heavy atom. The molecule has 0 saturated heterocycles. The molecule has 0 fully saturated rings. The van der Waals surface area contributed by atoms with Crippen LogP contribution in [0.25, 0.3) is 11.0 Å². The van der Waals surface area contributed by atoms with Crippen molar-refractivity contribution in [3.05, 3.63) is 29.6 Å². The van der Waals surface area contributed by atoms with Gasteiger partial charge < -0.3 is 9.67 Å². The molecule has 2 rings (SSSR count). The van der Waals surface area contributed by atoms with Crippen LogP contribution in [0.5, 0.6) is 0 Å². The van der Waals surface area contributed by atoms with Gasteiger partial charge >= 0.3 is 12.1 Å². The third kappa shape index (κ3) is 2.61. The number of imidazole rings is 1. The predicted octanol–water partition coefficient (Wildman–Crippen LogP) is 3.55. The Bertz CT molecular complexity index is 647. The maximum Gasteiger partial charge on any atom is 0.449 e. The van der Waals surface area contributed by atoms with Gasteiger partial charge in [-0.2, -0.15) is 13.2 Å². The smallest absolute Gasteiger partial charge is 0.449 e. The molecule has 0 radical (unpaired) electrons. The average molecular weight is 286 g/mol. The average Bonchev–Trinajstić information content (AvgIpc) is 2.73. The highest BCUT2D eigenvalue weighted by Crippen LogP contribution is 2.32. The van der Waals surface area contributed by atoms with Gasteiger partial charge in [0, 0.05) is 6.54 Å². The van der Waals surface area contributed by atoms with E-state index in [1.165, 1.54) is 18.2 Å². The topological polar surface area (TPSA) is 55.1 Å². The molecule has 0 aliphatic carbocycles. The van der Waals surface area contributed by atoms with E-state index in [0.717, 1.165) is 11.0 Å². The van der Waals surface area contributed by atoms with E-state index >= 15 is 0 Å². The summed E-state index contributed by atoms with van der Waals surface area (Å²) in [5, 5.41) is 8.93. The molecule has 1 aromatic carbocycles. The van der Waals surface area contributed by atoms with E-state index in [2.05, 4.69) is 4.98 Å². The zero-order chi connectivity index (χ0) is 14.9. The predicted molar refractivity (Wildman–Crippen MR) is 66.6 cm³/mol. The third-order valence-electron chi connectivity index (χ3n) is 2.98. The second kappa shape index (κ2) is 5.15. The van der Waals surface area contributed by atoms with Gasteiger partial charge in [-0.25, -0.2) is 9.78 Å². The Morgan fingerprint density at radius 2 is 2.10 bits per heavy atom. The largest absolute Gasteiger partial charge is 0.478 e. The zero-order valence-electron chi connectivity index (χ0n) is 10.7. The summed E-state index contributed by atoms with van der Waals surface area (Å²) in [4.78, 5) is 14.5. The van der Waals surface area contributed by atoms with Gasteiger partial charge in [-0.15, -0.1) is 0 Å². The fourth-order valence-corrected chi connectivity index (χ4v) is 2.01. The molecule has 2 aromatic rings. The van der Waals surface area contributed by atoms with E-state index in [-0.39, 0.29) is 23.1 Å². The van der Waals surface area contributed by atoms with E-state index in [4.69, 9.17) is 5.11 Å². The zero-order valence-corrected chi connectivity index (χ0v) is 10.7. The van der Waals surface area contributed by atoms with Crippen LogP contribution in [0, 0.1) is 0 Å². The van der Waals surface area contributed by atoms with Crippen molar-refractivity contribution in [3.63, 3.8) is 0 Å². The molecule has 0 saturated carbocycles. The molecule has 4 nitrogen and oxygen atoms in total. The third-order valence-corrected chi connectivity index (χ3v) is 2.98. The van der Waals surface area contributed by atoms with Crippen molar-refractivity contribution in [1.29, 1.82) is 0 Å². The molecular formula is C13H13F3N2O2. The minimum absolute atomic E-state index is 0.0520. The molecule has 20 heavy (non-hydrogen) atoms. The van der Waals surface area contributed by atoms with Crippen LogP contribution in [0.1, 0.15) is 35.9 Å². The standard InChI is InChI=1S/C13H13F3N2O2/c1-2-3-6-18-10-7-8(11(19)20)4-5-9(10)17-12(18)13(14,15)16/h4-5,7H,2-3,6H2,1H3,(H,19,20). The summed E-state index contributed by atoms with van der Waals surface area (Å²) in [6.45, 7) is 2.03. The summed E-state index contributed by atoms with van der Waals surface area (Å²) in [5.41, 5.74) is 0.299. The van der Waals surface area contributed by atoms with E-state index in [1.54, 1.807) is 0 Å². The normalized spacial score (nSPS) is 12.0. The monoisotopic (exact) mass is 286 g/mol. The minimum atomic E-state index is -4.56. The summed E-state index contributed by atoms with van der Waals surface area (Å²) in [7, 11) is 0. The van der Waals surface area contributed by atoms with Crippen LogP contribution >= 0.6 is 0 Å². The molecule has 0 bridgehead atoms. The SMILES string of the molecule is CCCCn1c(C(F)(F)F)nc2ccc(C(=O)O)cc21. The lowest BCUT2D eigenvalue weighted by molar-refractivity contribution is -0.146. The van der Waals surface area contributed by atoms with Gasteiger partial charge in [-0.1, -0.05) is 13.3 Å². The van der Waals surface area contributed by atoms with Crippen LogP contribution in [-0.2, 0) is 12.7 Å². The molecule has 108 valence electrons. The van der Waals surface area contributed by atoms with Crippen LogP contribution in [-0.4, -0.2) is 20.6 Å². The van der Waals surface area contributed by atoms with Crippen molar-refractivity contribution in [2.45, 2.75) is 32.5 Å². The Labute approximate surface area is 112 Å². The highest BCUT2D eigenvalue weighted by atomic mass is 19.4. The number of hydrogen-bond donors (Lipinski definition) is 1.